The van der Waals surface area contributed by atoms with E-state index in [4.69, 9.17) is 5.73 Å². The minimum Gasteiger partial charge on any atom is -0.328 e. The zero-order valence-corrected chi connectivity index (χ0v) is 14.0. The van der Waals surface area contributed by atoms with Gasteiger partial charge in [-0.05, 0) is 31.0 Å². The van der Waals surface area contributed by atoms with Gasteiger partial charge < -0.3 is 5.73 Å². The van der Waals surface area contributed by atoms with Crippen molar-refractivity contribution in [3.05, 3.63) is 29.8 Å². The van der Waals surface area contributed by atoms with Crippen LogP contribution in [0.15, 0.2) is 29.2 Å². The second-order valence-corrected chi connectivity index (χ2v) is 8.27. The molecule has 1 aliphatic rings. The Morgan fingerprint density at radius 2 is 2.05 bits per heavy atom. The van der Waals surface area contributed by atoms with Crippen molar-refractivity contribution in [2.24, 2.45) is 11.7 Å². The molecule has 1 aliphatic heterocycles. The van der Waals surface area contributed by atoms with Crippen LogP contribution < -0.4 is 5.73 Å². The van der Waals surface area contributed by atoms with Gasteiger partial charge in [-0.1, -0.05) is 38.5 Å². The maximum absolute atomic E-state index is 12.3. The lowest BCUT2D eigenvalue weighted by molar-refractivity contribution is 0.0970. The summed E-state index contributed by atoms with van der Waals surface area (Å²) in [5.74, 6) is 0.732. The molecule has 5 heteroatoms. The second-order valence-electron chi connectivity index (χ2n) is 6.19. The van der Waals surface area contributed by atoms with Crippen molar-refractivity contribution in [1.82, 2.24) is 4.90 Å². The predicted molar refractivity (Wildman–Crippen MR) is 85.9 cm³/mol. The number of likely N-dealkylation sites (N-methyl/N-ethyl adjacent to an activating group) is 1. The molecule has 0 saturated heterocycles. The first-order chi connectivity index (χ1) is 9.87. The Morgan fingerprint density at radius 3 is 2.67 bits per heavy atom. The molecule has 0 spiro atoms. The molecule has 4 nitrogen and oxygen atoms in total. The molecule has 0 bridgehead atoms. The standard InChI is InChI=1S/C16H26N2O2S/c1-4-13(2)11-18(3)16(12-17)9-10-21(19,20)15-8-6-5-7-14(15)16/h5-8,13H,4,9-12,17H2,1-3H3. The highest BCUT2D eigenvalue weighted by molar-refractivity contribution is 7.91. The molecule has 2 unspecified atom stereocenters. The zero-order chi connectivity index (χ0) is 15.7. The number of sulfone groups is 1. The SMILES string of the molecule is CCC(C)CN(C)C1(CN)CCS(=O)(=O)c2ccccc21. The number of nitrogens with zero attached hydrogens (tertiary/aromatic N) is 1. The molecule has 0 radical (unpaired) electrons. The van der Waals surface area contributed by atoms with E-state index < -0.39 is 9.84 Å². The van der Waals surface area contributed by atoms with Crippen LogP contribution in [0.5, 0.6) is 0 Å². The fourth-order valence-electron chi connectivity index (χ4n) is 3.21. The third-order valence-corrected chi connectivity index (χ3v) is 6.63. The van der Waals surface area contributed by atoms with E-state index in [9.17, 15) is 8.42 Å². The molecular formula is C16H26N2O2S. The maximum Gasteiger partial charge on any atom is 0.178 e. The van der Waals surface area contributed by atoms with E-state index >= 15 is 0 Å². The van der Waals surface area contributed by atoms with E-state index in [1.54, 1.807) is 12.1 Å². The highest BCUT2D eigenvalue weighted by Gasteiger charge is 2.43. The van der Waals surface area contributed by atoms with Crippen molar-refractivity contribution in [1.29, 1.82) is 0 Å². The molecule has 0 aromatic heterocycles. The Bertz CT molecular complexity index is 600. The summed E-state index contributed by atoms with van der Waals surface area (Å²) in [7, 11) is -1.11. The van der Waals surface area contributed by atoms with Crippen LogP contribution in [0.3, 0.4) is 0 Å². The Hall–Kier alpha value is -0.910. The van der Waals surface area contributed by atoms with Crippen LogP contribution in [0.2, 0.25) is 0 Å². The summed E-state index contributed by atoms with van der Waals surface area (Å²) in [5.41, 5.74) is 6.62. The van der Waals surface area contributed by atoms with E-state index in [0.29, 0.717) is 23.8 Å². The summed E-state index contributed by atoms with van der Waals surface area (Å²) >= 11 is 0. The Kier molecular flexibility index (Phi) is 4.76. The van der Waals surface area contributed by atoms with Crippen LogP contribution in [0.1, 0.15) is 32.3 Å². The first kappa shape index (κ1) is 16.5. The van der Waals surface area contributed by atoms with Gasteiger partial charge in [0, 0.05) is 13.1 Å². The van der Waals surface area contributed by atoms with E-state index in [0.717, 1.165) is 18.5 Å². The van der Waals surface area contributed by atoms with Crippen LogP contribution in [-0.4, -0.2) is 39.2 Å². The lowest BCUT2D eigenvalue weighted by atomic mass is 9.84. The molecule has 1 aromatic rings. The molecule has 118 valence electrons. The Morgan fingerprint density at radius 1 is 1.38 bits per heavy atom. The highest BCUT2D eigenvalue weighted by Crippen LogP contribution is 2.40. The van der Waals surface area contributed by atoms with Gasteiger partial charge in [-0.25, -0.2) is 8.42 Å². The molecule has 2 atom stereocenters. The minimum absolute atomic E-state index is 0.173. The van der Waals surface area contributed by atoms with Crippen LogP contribution >= 0.6 is 0 Å². The van der Waals surface area contributed by atoms with Crippen molar-refractivity contribution in [3.63, 3.8) is 0 Å². The van der Waals surface area contributed by atoms with Crippen LogP contribution in [0.25, 0.3) is 0 Å². The van der Waals surface area contributed by atoms with Gasteiger partial charge >= 0.3 is 0 Å². The van der Waals surface area contributed by atoms with Crippen LogP contribution in [-0.2, 0) is 15.4 Å². The third kappa shape index (κ3) is 2.87. The molecule has 0 amide bonds. The molecule has 2 rings (SSSR count). The number of rotatable bonds is 5. The van der Waals surface area contributed by atoms with Gasteiger partial charge in [-0.2, -0.15) is 0 Å². The zero-order valence-electron chi connectivity index (χ0n) is 13.2. The van der Waals surface area contributed by atoms with Crippen molar-refractivity contribution in [2.45, 2.75) is 37.1 Å². The average Bonchev–Trinajstić information content (AvgIpc) is 2.48. The lowest BCUT2D eigenvalue weighted by Gasteiger charge is -2.45. The molecule has 1 heterocycles. The summed E-state index contributed by atoms with van der Waals surface area (Å²) in [6, 6.07) is 7.33. The van der Waals surface area contributed by atoms with Crippen molar-refractivity contribution >= 4 is 9.84 Å². The molecule has 1 aromatic carbocycles. The first-order valence-electron chi connectivity index (χ1n) is 7.61. The normalized spacial score (nSPS) is 25.6. The van der Waals surface area contributed by atoms with Gasteiger partial charge in [0.15, 0.2) is 9.84 Å². The molecule has 2 N–H and O–H groups in total. The molecule has 21 heavy (non-hydrogen) atoms. The fraction of sp³-hybridized carbons (Fsp3) is 0.625. The number of nitrogens with two attached hydrogens (primary N) is 1. The van der Waals surface area contributed by atoms with Crippen LogP contribution in [0, 0.1) is 5.92 Å². The fourth-order valence-corrected chi connectivity index (χ4v) is 4.91. The van der Waals surface area contributed by atoms with Crippen molar-refractivity contribution in [3.8, 4) is 0 Å². The third-order valence-electron chi connectivity index (χ3n) is 4.86. The van der Waals surface area contributed by atoms with Crippen LogP contribution in [0.4, 0.5) is 0 Å². The quantitative estimate of drug-likeness (QED) is 0.903. The van der Waals surface area contributed by atoms with E-state index in [-0.39, 0.29) is 11.3 Å². The molecular weight excluding hydrogens is 284 g/mol. The predicted octanol–water partition coefficient (Wildman–Crippen LogP) is 2.00. The Balaban J connectivity index is 2.50. The lowest BCUT2D eigenvalue weighted by Crippen LogP contribution is -2.54. The first-order valence-corrected chi connectivity index (χ1v) is 9.26. The molecule has 0 aliphatic carbocycles. The smallest absolute Gasteiger partial charge is 0.178 e. The molecule has 0 fully saturated rings. The number of hydrogen-bond acceptors (Lipinski definition) is 4. The highest BCUT2D eigenvalue weighted by atomic mass is 32.2. The molecule has 0 saturated carbocycles. The minimum atomic E-state index is -3.17. The van der Waals surface area contributed by atoms with Gasteiger partial charge in [-0.3, -0.25) is 4.90 Å². The summed E-state index contributed by atoms with van der Waals surface area (Å²) in [5, 5.41) is 0. The van der Waals surface area contributed by atoms with Gasteiger partial charge in [0.25, 0.3) is 0 Å². The Labute approximate surface area is 128 Å². The van der Waals surface area contributed by atoms with Gasteiger partial charge in [0.05, 0.1) is 16.2 Å². The van der Waals surface area contributed by atoms with E-state index in [1.165, 1.54) is 0 Å². The van der Waals surface area contributed by atoms with Gasteiger partial charge in [0.2, 0.25) is 0 Å². The van der Waals surface area contributed by atoms with E-state index in [2.05, 4.69) is 25.8 Å². The van der Waals surface area contributed by atoms with Crippen molar-refractivity contribution in [2.75, 3.05) is 25.9 Å². The summed E-state index contributed by atoms with van der Waals surface area (Å²) in [6.07, 6.45) is 1.67. The summed E-state index contributed by atoms with van der Waals surface area (Å²) in [6.45, 7) is 5.74. The maximum atomic E-state index is 12.3. The number of fused-ring (bicyclic) bond motifs is 1. The summed E-state index contributed by atoms with van der Waals surface area (Å²) < 4.78 is 24.6. The summed E-state index contributed by atoms with van der Waals surface area (Å²) in [4.78, 5) is 2.71. The largest absolute Gasteiger partial charge is 0.328 e. The van der Waals surface area contributed by atoms with E-state index in [1.807, 2.05) is 12.1 Å². The van der Waals surface area contributed by atoms with Crippen molar-refractivity contribution < 1.29 is 8.42 Å². The second kappa shape index (κ2) is 6.07. The number of benzene rings is 1. The monoisotopic (exact) mass is 310 g/mol. The average molecular weight is 310 g/mol. The number of hydrogen-bond donors (Lipinski definition) is 1. The van der Waals surface area contributed by atoms with Gasteiger partial charge in [0.1, 0.15) is 0 Å². The topological polar surface area (TPSA) is 63.4 Å². The van der Waals surface area contributed by atoms with Gasteiger partial charge in [-0.15, -0.1) is 0 Å².